The molecule has 0 fully saturated rings. The maximum absolute atomic E-state index is 5.15. The van der Waals surface area contributed by atoms with Gasteiger partial charge in [-0.05, 0) is 42.9 Å². The lowest BCUT2D eigenvalue weighted by molar-refractivity contribution is 0.383. The topological polar surface area (TPSA) is 38.9 Å². The second-order valence-electron chi connectivity index (χ2n) is 4.56. The summed E-state index contributed by atoms with van der Waals surface area (Å²) < 4.78 is 5.15. The SMILES string of the molecule is CCc1nc(-c2ccc3c(c2)CCCC3)no1. The molecule has 0 saturated heterocycles. The lowest BCUT2D eigenvalue weighted by Gasteiger charge is -2.15. The van der Waals surface area contributed by atoms with Crippen LogP contribution < -0.4 is 0 Å². The van der Waals surface area contributed by atoms with Gasteiger partial charge in [-0.3, -0.25) is 0 Å². The van der Waals surface area contributed by atoms with Gasteiger partial charge in [0.25, 0.3) is 0 Å². The number of hydrogen-bond donors (Lipinski definition) is 0. The molecule has 17 heavy (non-hydrogen) atoms. The summed E-state index contributed by atoms with van der Waals surface area (Å²) in [5, 5.41) is 4.02. The van der Waals surface area contributed by atoms with E-state index in [0.29, 0.717) is 5.89 Å². The van der Waals surface area contributed by atoms with Crippen molar-refractivity contribution < 1.29 is 4.52 Å². The monoisotopic (exact) mass is 228 g/mol. The van der Waals surface area contributed by atoms with E-state index in [0.717, 1.165) is 17.8 Å². The summed E-state index contributed by atoms with van der Waals surface area (Å²) in [7, 11) is 0. The first kappa shape index (κ1) is 10.5. The molecule has 0 spiro atoms. The molecular formula is C14H16N2O. The third kappa shape index (κ3) is 1.97. The maximum Gasteiger partial charge on any atom is 0.226 e. The highest BCUT2D eigenvalue weighted by molar-refractivity contribution is 5.57. The van der Waals surface area contributed by atoms with Crippen LogP contribution in [0.2, 0.25) is 0 Å². The molecule has 3 heteroatoms. The zero-order chi connectivity index (χ0) is 11.7. The number of nitrogens with zero attached hydrogens (tertiary/aromatic N) is 2. The molecule has 0 unspecified atom stereocenters. The molecule has 3 nitrogen and oxygen atoms in total. The van der Waals surface area contributed by atoms with Gasteiger partial charge in [0.15, 0.2) is 0 Å². The highest BCUT2D eigenvalue weighted by Crippen LogP contribution is 2.26. The molecule has 1 aromatic heterocycles. The minimum absolute atomic E-state index is 0.706. The zero-order valence-corrected chi connectivity index (χ0v) is 10.1. The lowest BCUT2D eigenvalue weighted by Crippen LogP contribution is -2.02. The Bertz CT molecular complexity index is 531. The minimum Gasteiger partial charge on any atom is -0.339 e. The third-order valence-corrected chi connectivity index (χ3v) is 3.38. The second kappa shape index (κ2) is 4.32. The molecule has 0 radical (unpaired) electrons. The third-order valence-electron chi connectivity index (χ3n) is 3.38. The largest absolute Gasteiger partial charge is 0.339 e. The summed E-state index contributed by atoms with van der Waals surface area (Å²) >= 11 is 0. The minimum atomic E-state index is 0.706. The van der Waals surface area contributed by atoms with Crippen molar-refractivity contribution in [1.82, 2.24) is 10.1 Å². The van der Waals surface area contributed by atoms with Crippen LogP contribution in [0.15, 0.2) is 22.7 Å². The zero-order valence-electron chi connectivity index (χ0n) is 10.1. The maximum atomic E-state index is 5.15. The summed E-state index contributed by atoms with van der Waals surface area (Å²) in [6.45, 7) is 2.02. The van der Waals surface area contributed by atoms with Gasteiger partial charge in [-0.15, -0.1) is 0 Å². The first-order chi connectivity index (χ1) is 8.36. The van der Waals surface area contributed by atoms with Gasteiger partial charge >= 0.3 is 0 Å². The number of hydrogen-bond acceptors (Lipinski definition) is 3. The van der Waals surface area contributed by atoms with Crippen LogP contribution in [-0.2, 0) is 19.3 Å². The van der Waals surface area contributed by atoms with Crippen molar-refractivity contribution >= 4 is 0 Å². The van der Waals surface area contributed by atoms with E-state index in [4.69, 9.17) is 4.52 Å². The van der Waals surface area contributed by atoms with E-state index in [-0.39, 0.29) is 0 Å². The molecule has 1 aliphatic carbocycles. The molecule has 2 aromatic rings. The van der Waals surface area contributed by atoms with Gasteiger partial charge < -0.3 is 4.52 Å². The van der Waals surface area contributed by atoms with Crippen molar-refractivity contribution in [3.05, 3.63) is 35.2 Å². The molecule has 3 rings (SSSR count). The van der Waals surface area contributed by atoms with E-state index in [1.54, 1.807) is 0 Å². The molecule has 88 valence electrons. The predicted molar refractivity (Wildman–Crippen MR) is 65.8 cm³/mol. The van der Waals surface area contributed by atoms with E-state index in [1.807, 2.05) is 6.92 Å². The standard InChI is InChI=1S/C14H16N2O/c1-2-13-15-14(16-17-13)12-8-7-10-5-3-4-6-11(10)9-12/h7-9H,2-6H2,1H3. The van der Waals surface area contributed by atoms with Gasteiger partial charge in [0.05, 0.1) is 0 Å². The van der Waals surface area contributed by atoms with Crippen molar-refractivity contribution in [2.24, 2.45) is 0 Å². The predicted octanol–water partition coefficient (Wildman–Crippen LogP) is 3.18. The van der Waals surface area contributed by atoms with Crippen molar-refractivity contribution in [2.45, 2.75) is 39.0 Å². The fourth-order valence-corrected chi connectivity index (χ4v) is 2.39. The molecule has 0 aliphatic heterocycles. The summed E-state index contributed by atoms with van der Waals surface area (Å²) in [5.74, 6) is 1.42. The fraction of sp³-hybridized carbons (Fsp3) is 0.429. The Morgan fingerprint density at radius 1 is 1.18 bits per heavy atom. The van der Waals surface area contributed by atoms with Crippen molar-refractivity contribution in [2.75, 3.05) is 0 Å². The van der Waals surface area contributed by atoms with Crippen LogP contribution in [0.5, 0.6) is 0 Å². The molecule has 0 amide bonds. The summed E-state index contributed by atoms with van der Waals surface area (Å²) in [5.41, 5.74) is 4.02. The molecule has 0 atom stereocenters. The Kier molecular flexibility index (Phi) is 2.67. The van der Waals surface area contributed by atoms with Crippen molar-refractivity contribution in [1.29, 1.82) is 0 Å². The molecular weight excluding hydrogens is 212 g/mol. The van der Waals surface area contributed by atoms with E-state index in [9.17, 15) is 0 Å². The average Bonchev–Trinajstić information content (AvgIpc) is 2.87. The van der Waals surface area contributed by atoms with E-state index in [2.05, 4.69) is 28.3 Å². The van der Waals surface area contributed by atoms with E-state index in [1.165, 1.54) is 36.8 Å². The average molecular weight is 228 g/mol. The summed E-state index contributed by atoms with van der Waals surface area (Å²) in [6, 6.07) is 6.54. The highest BCUT2D eigenvalue weighted by atomic mass is 16.5. The normalized spacial score (nSPS) is 14.6. The number of rotatable bonds is 2. The Balaban J connectivity index is 1.97. The van der Waals surface area contributed by atoms with Gasteiger partial charge in [0.2, 0.25) is 11.7 Å². The van der Waals surface area contributed by atoms with Crippen LogP contribution >= 0.6 is 0 Å². The van der Waals surface area contributed by atoms with Crippen molar-refractivity contribution in [3.63, 3.8) is 0 Å². The summed E-state index contributed by atoms with van der Waals surface area (Å²) in [6.07, 6.45) is 5.79. The van der Waals surface area contributed by atoms with Gasteiger partial charge in [-0.25, -0.2) is 0 Å². The second-order valence-corrected chi connectivity index (χ2v) is 4.56. The lowest BCUT2D eigenvalue weighted by atomic mass is 9.90. The fourth-order valence-electron chi connectivity index (χ4n) is 2.39. The van der Waals surface area contributed by atoms with Crippen LogP contribution in [0, 0.1) is 0 Å². The Hall–Kier alpha value is -1.64. The number of fused-ring (bicyclic) bond motifs is 1. The van der Waals surface area contributed by atoms with Gasteiger partial charge in [0.1, 0.15) is 0 Å². The molecule has 0 N–H and O–H groups in total. The number of aryl methyl sites for hydroxylation is 3. The number of aromatic nitrogens is 2. The quantitative estimate of drug-likeness (QED) is 0.792. The summed E-state index contributed by atoms with van der Waals surface area (Å²) in [4.78, 5) is 4.37. The molecule has 0 saturated carbocycles. The van der Waals surface area contributed by atoms with Crippen LogP contribution in [-0.4, -0.2) is 10.1 Å². The van der Waals surface area contributed by atoms with Crippen LogP contribution in [0.3, 0.4) is 0 Å². The Morgan fingerprint density at radius 2 is 2.00 bits per heavy atom. The Morgan fingerprint density at radius 3 is 2.76 bits per heavy atom. The Labute approximate surface area is 101 Å². The molecule has 1 aromatic carbocycles. The van der Waals surface area contributed by atoms with Crippen LogP contribution in [0.1, 0.15) is 36.8 Å². The first-order valence-electron chi connectivity index (χ1n) is 6.31. The van der Waals surface area contributed by atoms with Crippen LogP contribution in [0.25, 0.3) is 11.4 Å². The van der Waals surface area contributed by atoms with Crippen molar-refractivity contribution in [3.8, 4) is 11.4 Å². The van der Waals surface area contributed by atoms with E-state index >= 15 is 0 Å². The van der Waals surface area contributed by atoms with Gasteiger partial charge in [-0.1, -0.05) is 24.2 Å². The van der Waals surface area contributed by atoms with Crippen LogP contribution in [0.4, 0.5) is 0 Å². The van der Waals surface area contributed by atoms with Gasteiger partial charge in [0, 0.05) is 12.0 Å². The highest BCUT2D eigenvalue weighted by Gasteiger charge is 2.12. The van der Waals surface area contributed by atoms with E-state index < -0.39 is 0 Å². The first-order valence-corrected chi connectivity index (χ1v) is 6.31. The molecule has 0 bridgehead atoms. The van der Waals surface area contributed by atoms with Gasteiger partial charge in [-0.2, -0.15) is 4.98 Å². The smallest absolute Gasteiger partial charge is 0.226 e. The number of benzene rings is 1. The molecule has 1 aliphatic rings. The molecule has 1 heterocycles.